The van der Waals surface area contributed by atoms with E-state index in [2.05, 4.69) is 9.46 Å². The Morgan fingerprint density at radius 1 is 0.962 bits per heavy atom. The number of alkyl halides is 3. The molecule has 1 N–H and O–H groups in total. The fourth-order valence-electron chi connectivity index (χ4n) is 2.19. The van der Waals surface area contributed by atoms with E-state index in [0.29, 0.717) is 11.3 Å². The van der Waals surface area contributed by atoms with Gasteiger partial charge in [-0.1, -0.05) is 0 Å². The van der Waals surface area contributed by atoms with Gasteiger partial charge in [0.2, 0.25) is 0 Å². The summed E-state index contributed by atoms with van der Waals surface area (Å²) in [7, 11) is -1.20. The third-order valence-corrected chi connectivity index (χ3v) is 4.83. The van der Waals surface area contributed by atoms with Crippen LogP contribution in [0.1, 0.15) is 5.56 Å². The maximum Gasteiger partial charge on any atom is 0.573 e. The molecule has 0 aliphatic heterocycles. The Bertz CT molecular complexity index is 880. The van der Waals surface area contributed by atoms with Gasteiger partial charge in [-0.3, -0.25) is 4.72 Å². The number of nitrogens with one attached hydrogen (secondary N) is 1. The average molecular weight is 391 g/mol. The maximum atomic E-state index is 12.6. The van der Waals surface area contributed by atoms with Crippen LogP contribution in [0.2, 0.25) is 0 Å². The van der Waals surface area contributed by atoms with Gasteiger partial charge in [-0.25, -0.2) is 8.42 Å². The van der Waals surface area contributed by atoms with E-state index < -0.39 is 22.1 Å². The van der Waals surface area contributed by atoms with Crippen LogP contribution in [0.5, 0.6) is 17.2 Å². The first kappa shape index (κ1) is 19.7. The Kier molecular flexibility index (Phi) is 5.55. The first-order valence-electron chi connectivity index (χ1n) is 7.17. The van der Waals surface area contributed by atoms with Crippen LogP contribution in [0, 0.1) is 6.92 Å². The molecule has 0 unspecified atom stereocenters. The number of aryl methyl sites for hydroxylation is 1. The van der Waals surface area contributed by atoms with Crippen LogP contribution in [0.4, 0.5) is 18.9 Å². The van der Waals surface area contributed by atoms with Crippen LogP contribution < -0.4 is 18.9 Å². The molecule has 2 rings (SSSR count). The van der Waals surface area contributed by atoms with Gasteiger partial charge in [0, 0.05) is 11.8 Å². The third-order valence-electron chi connectivity index (χ3n) is 3.31. The molecule has 0 amide bonds. The van der Waals surface area contributed by atoms with Gasteiger partial charge in [0.1, 0.15) is 5.75 Å². The number of hydrogen-bond acceptors (Lipinski definition) is 5. The summed E-state index contributed by atoms with van der Waals surface area (Å²) in [5, 5.41) is 0. The predicted octanol–water partition coefficient (Wildman–Crippen LogP) is 3.71. The highest BCUT2D eigenvalue weighted by molar-refractivity contribution is 7.92. The smallest absolute Gasteiger partial charge is 0.493 e. The summed E-state index contributed by atoms with van der Waals surface area (Å²) in [6.07, 6.45) is -4.82. The summed E-state index contributed by atoms with van der Waals surface area (Å²) >= 11 is 0. The summed E-state index contributed by atoms with van der Waals surface area (Å²) in [5.74, 6) is 0.146. The lowest BCUT2D eigenvalue weighted by Gasteiger charge is -2.15. The number of hydrogen-bond donors (Lipinski definition) is 1. The van der Waals surface area contributed by atoms with Crippen LogP contribution in [-0.2, 0) is 10.0 Å². The van der Waals surface area contributed by atoms with Gasteiger partial charge in [-0.2, -0.15) is 0 Å². The van der Waals surface area contributed by atoms with E-state index >= 15 is 0 Å². The molecule has 0 bridgehead atoms. The van der Waals surface area contributed by atoms with Gasteiger partial charge in [0.05, 0.1) is 19.1 Å². The van der Waals surface area contributed by atoms with Crippen molar-refractivity contribution in [2.24, 2.45) is 0 Å². The second kappa shape index (κ2) is 7.32. The quantitative estimate of drug-likeness (QED) is 0.813. The predicted molar refractivity (Wildman–Crippen MR) is 88.2 cm³/mol. The van der Waals surface area contributed by atoms with Crippen molar-refractivity contribution in [2.45, 2.75) is 18.2 Å². The number of rotatable bonds is 6. The molecule has 0 spiro atoms. The zero-order valence-corrected chi connectivity index (χ0v) is 14.9. The molecule has 0 radical (unpaired) electrons. The molecule has 2 aromatic carbocycles. The van der Waals surface area contributed by atoms with Crippen LogP contribution >= 0.6 is 0 Å². The number of anilines is 1. The highest BCUT2D eigenvalue weighted by Gasteiger charge is 2.31. The molecule has 0 aromatic heterocycles. The molecule has 26 heavy (non-hydrogen) atoms. The Labute approximate surface area is 148 Å². The van der Waals surface area contributed by atoms with E-state index in [1.807, 2.05) is 0 Å². The topological polar surface area (TPSA) is 73.9 Å². The summed E-state index contributed by atoms with van der Waals surface area (Å²) in [6.45, 7) is 1.58. The molecule has 0 aliphatic rings. The molecule has 0 heterocycles. The van der Waals surface area contributed by atoms with Crippen molar-refractivity contribution in [1.29, 1.82) is 0 Å². The molecule has 0 saturated carbocycles. The van der Waals surface area contributed by atoms with E-state index in [1.54, 1.807) is 6.92 Å². The van der Waals surface area contributed by atoms with E-state index in [4.69, 9.17) is 9.47 Å². The molecular formula is C16H16F3NO5S. The lowest BCUT2D eigenvalue weighted by molar-refractivity contribution is -0.274. The minimum Gasteiger partial charge on any atom is -0.493 e. The van der Waals surface area contributed by atoms with E-state index in [1.165, 1.54) is 26.4 Å². The average Bonchev–Trinajstić information content (AvgIpc) is 2.54. The number of benzene rings is 2. The van der Waals surface area contributed by atoms with Crippen LogP contribution in [0.25, 0.3) is 0 Å². The van der Waals surface area contributed by atoms with Crippen LogP contribution in [0.15, 0.2) is 41.3 Å². The molecule has 10 heteroatoms. The van der Waals surface area contributed by atoms with Crippen molar-refractivity contribution < 1.29 is 35.8 Å². The zero-order chi connectivity index (χ0) is 19.5. The van der Waals surface area contributed by atoms with Crippen molar-refractivity contribution in [1.82, 2.24) is 0 Å². The van der Waals surface area contributed by atoms with Gasteiger partial charge in [0.25, 0.3) is 10.0 Å². The van der Waals surface area contributed by atoms with Crippen LogP contribution in [-0.4, -0.2) is 29.0 Å². The monoisotopic (exact) mass is 391 g/mol. The SMILES string of the molecule is COc1cc(C)c(S(=O)(=O)Nc2ccc(OC(F)(F)F)cc2)cc1OC. The van der Waals surface area contributed by atoms with Crippen molar-refractivity contribution in [3.05, 3.63) is 42.0 Å². The first-order chi connectivity index (χ1) is 12.1. The van der Waals surface area contributed by atoms with Crippen LogP contribution in [0.3, 0.4) is 0 Å². The number of methoxy groups -OCH3 is 2. The second-order valence-electron chi connectivity index (χ2n) is 5.15. The minimum absolute atomic E-state index is 0.0502. The summed E-state index contributed by atoms with van der Waals surface area (Å²) in [4.78, 5) is -0.0502. The van der Waals surface area contributed by atoms with Gasteiger partial charge in [0.15, 0.2) is 11.5 Å². The fraction of sp³-hybridized carbons (Fsp3) is 0.250. The maximum absolute atomic E-state index is 12.6. The van der Waals surface area contributed by atoms with Gasteiger partial charge < -0.3 is 14.2 Å². The summed E-state index contributed by atoms with van der Waals surface area (Å²) in [5.41, 5.74) is 0.487. The van der Waals surface area contributed by atoms with Crippen molar-refractivity contribution >= 4 is 15.7 Å². The lowest BCUT2D eigenvalue weighted by atomic mass is 10.2. The molecule has 0 aliphatic carbocycles. The van der Waals surface area contributed by atoms with Crippen molar-refractivity contribution in [3.8, 4) is 17.2 Å². The van der Waals surface area contributed by atoms with E-state index in [9.17, 15) is 21.6 Å². The molecule has 6 nitrogen and oxygen atoms in total. The molecular weight excluding hydrogens is 375 g/mol. The Morgan fingerprint density at radius 2 is 1.50 bits per heavy atom. The number of ether oxygens (including phenoxy) is 3. The molecule has 0 saturated heterocycles. The van der Waals surface area contributed by atoms with Crippen molar-refractivity contribution in [3.63, 3.8) is 0 Å². The standard InChI is InChI=1S/C16H16F3NO5S/c1-10-8-13(23-2)14(24-3)9-15(10)26(21,22)20-11-4-6-12(7-5-11)25-16(17,18)19/h4-9,20H,1-3H3. The zero-order valence-electron chi connectivity index (χ0n) is 14.0. The molecule has 142 valence electrons. The summed E-state index contributed by atoms with van der Waals surface area (Å²) < 4.78 is 77.9. The van der Waals surface area contributed by atoms with Gasteiger partial charge in [-0.15, -0.1) is 13.2 Å². The highest BCUT2D eigenvalue weighted by atomic mass is 32.2. The second-order valence-corrected chi connectivity index (χ2v) is 6.80. The Morgan fingerprint density at radius 3 is 2.00 bits per heavy atom. The van der Waals surface area contributed by atoms with Gasteiger partial charge >= 0.3 is 6.36 Å². The Balaban J connectivity index is 2.29. The largest absolute Gasteiger partial charge is 0.573 e. The fourth-order valence-corrected chi connectivity index (χ4v) is 3.49. The normalized spacial score (nSPS) is 11.8. The molecule has 2 aromatic rings. The molecule has 0 atom stereocenters. The highest BCUT2D eigenvalue weighted by Crippen LogP contribution is 2.33. The summed E-state index contributed by atoms with van der Waals surface area (Å²) in [6, 6.07) is 7.15. The number of halogens is 3. The van der Waals surface area contributed by atoms with Gasteiger partial charge in [-0.05, 0) is 42.8 Å². The van der Waals surface area contributed by atoms with E-state index in [-0.39, 0.29) is 16.3 Å². The number of sulfonamides is 1. The molecule has 0 fully saturated rings. The minimum atomic E-state index is -4.82. The van der Waals surface area contributed by atoms with Crippen molar-refractivity contribution in [2.75, 3.05) is 18.9 Å². The first-order valence-corrected chi connectivity index (χ1v) is 8.65. The lowest BCUT2D eigenvalue weighted by Crippen LogP contribution is -2.17. The third kappa shape index (κ3) is 4.72. The Hall–Kier alpha value is -2.62. The van der Waals surface area contributed by atoms with E-state index in [0.717, 1.165) is 24.3 Å².